The summed E-state index contributed by atoms with van der Waals surface area (Å²) in [7, 11) is 1.67. The summed E-state index contributed by atoms with van der Waals surface area (Å²) in [6.07, 6.45) is 1.64. The van der Waals surface area contributed by atoms with Crippen LogP contribution in [0, 0.1) is 0 Å². The summed E-state index contributed by atoms with van der Waals surface area (Å²) in [5.74, 6) is 1.11. The van der Waals surface area contributed by atoms with Gasteiger partial charge in [0.05, 0.1) is 26.1 Å². The van der Waals surface area contributed by atoms with E-state index in [1.165, 1.54) is 12.7 Å². The fourth-order valence-corrected chi connectivity index (χ4v) is 4.50. The molecular weight excluding hydrogens is 402 g/mol. The van der Waals surface area contributed by atoms with Crippen LogP contribution in [0.3, 0.4) is 0 Å². The van der Waals surface area contributed by atoms with E-state index in [4.69, 9.17) is 19.9 Å². The van der Waals surface area contributed by atoms with E-state index in [1.807, 2.05) is 18.2 Å². The lowest BCUT2D eigenvalue weighted by atomic mass is 9.88. The van der Waals surface area contributed by atoms with Crippen molar-refractivity contribution in [3.8, 4) is 5.75 Å². The van der Waals surface area contributed by atoms with Gasteiger partial charge in [-0.1, -0.05) is 12.1 Å². The number of nitrogens with two attached hydrogens (primary N) is 1. The molecule has 0 saturated carbocycles. The van der Waals surface area contributed by atoms with Gasteiger partial charge in [-0.05, 0) is 36.5 Å². The average Bonchev–Trinajstić information content (AvgIpc) is 3.34. The number of aliphatic hydroxyl groups excluding tert-OH is 2. The van der Waals surface area contributed by atoms with Crippen LogP contribution in [0.15, 0.2) is 30.9 Å². The molecule has 5 atom stereocenters. The van der Waals surface area contributed by atoms with Crippen LogP contribution in [-0.4, -0.2) is 61.8 Å². The number of aromatic nitrogens is 4. The molecule has 10 heteroatoms. The van der Waals surface area contributed by atoms with E-state index in [1.54, 1.807) is 11.7 Å². The smallest absolute Gasteiger partial charge is 0.167 e. The number of fused-ring (bicyclic) bond motifs is 2. The van der Waals surface area contributed by atoms with E-state index in [2.05, 4.69) is 15.0 Å². The summed E-state index contributed by atoms with van der Waals surface area (Å²) in [6.45, 7) is 0.139. The highest BCUT2D eigenvalue weighted by molar-refractivity contribution is 5.81. The van der Waals surface area contributed by atoms with Gasteiger partial charge < -0.3 is 30.2 Å². The third-order valence-corrected chi connectivity index (χ3v) is 6.09. The first-order chi connectivity index (χ1) is 15.1. The van der Waals surface area contributed by atoms with Crippen molar-refractivity contribution in [1.29, 1.82) is 0 Å². The van der Waals surface area contributed by atoms with Crippen molar-refractivity contribution in [3.05, 3.63) is 42.0 Å². The second kappa shape index (κ2) is 8.04. The van der Waals surface area contributed by atoms with Gasteiger partial charge in [0.2, 0.25) is 0 Å². The van der Waals surface area contributed by atoms with Crippen molar-refractivity contribution in [2.75, 3.05) is 19.5 Å². The van der Waals surface area contributed by atoms with E-state index in [0.717, 1.165) is 36.1 Å². The standard InChI is InChI=1S/C21H25N5O5/c1-29-13-6-2-5-12-11(13)4-3-7-14(12)30-8-15-17(27)18(28)21(31-15)26-10-25-16-19(22)23-9-24-20(16)26/h2,5-6,9-10,14-15,17-18,21,27-28H,3-4,7-8H2,1H3,(H2,22,23,24)/t14?,15-,17-,18-,21-/m1/s1. The molecule has 10 nitrogen and oxygen atoms in total. The minimum atomic E-state index is -1.17. The lowest BCUT2D eigenvalue weighted by Gasteiger charge is -2.28. The Labute approximate surface area is 178 Å². The molecule has 31 heavy (non-hydrogen) atoms. The Bertz CT molecular complexity index is 1090. The number of rotatable bonds is 5. The highest BCUT2D eigenvalue weighted by atomic mass is 16.6. The second-order valence-electron chi connectivity index (χ2n) is 7.87. The minimum Gasteiger partial charge on any atom is -0.496 e. The minimum absolute atomic E-state index is 0.118. The SMILES string of the molecule is COc1cccc2c1CCCC2OC[C@H]1O[C@@H](n2cnc3c(N)ncnc32)[C@H](O)[C@@H]1O. The molecule has 0 spiro atoms. The molecule has 1 aromatic carbocycles. The lowest BCUT2D eigenvalue weighted by molar-refractivity contribution is -0.0842. The van der Waals surface area contributed by atoms with Crippen molar-refractivity contribution in [2.45, 2.75) is 49.9 Å². The largest absolute Gasteiger partial charge is 0.496 e. The van der Waals surface area contributed by atoms with Gasteiger partial charge in [-0.15, -0.1) is 0 Å². The number of hydrogen-bond acceptors (Lipinski definition) is 9. The first kappa shape index (κ1) is 20.1. The van der Waals surface area contributed by atoms with Crippen LogP contribution in [0.5, 0.6) is 5.75 Å². The van der Waals surface area contributed by atoms with Crippen LogP contribution in [0.2, 0.25) is 0 Å². The van der Waals surface area contributed by atoms with Crippen LogP contribution in [0.1, 0.15) is 36.3 Å². The number of imidazole rings is 1. The van der Waals surface area contributed by atoms with Crippen molar-refractivity contribution in [1.82, 2.24) is 19.5 Å². The number of hydrogen-bond donors (Lipinski definition) is 3. The van der Waals surface area contributed by atoms with E-state index in [9.17, 15) is 10.2 Å². The Balaban J connectivity index is 1.32. The van der Waals surface area contributed by atoms with Crippen LogP contribution < -0.4 is 10.5 Å². The van der Waals surface area contributed by atoms with Gasteiger partial charge in [-0.3, -0.25) is 4.57 Å². The quantitative estimate of drug-likeness (QED) is 0.547. The maximum atomic E-state index is 10.6. The van der Waals surface area contributed by atoms with Crippen molar-refractivity contribution < 1.29 is 24.4 Å². The number of nitrogens with zero attached hydrogens (tertiary/aromatic N) is 4. The summed E-state index contributed by atoms with van der Waals surface area (Å²) >= 11 is 0. The Morgan fingerprint density at radius 3 is 2.94 bits per heavy atom. The Morgan fingerprint density at radius 2 is 2.10 bits per heavy atom. The maximum absolute atomic E-state index is 10.6. The third-order valence-electron chi connectivity index (χ3n) is 6.09. The number of nitrogen functional groups attached to an aromatic ring is 1. The van der Waals surface area contributed by atoms with E-state index in [-0.39, 0.29) is 18.5 Å². The molecule has 1 saturated heterocycles. The molecule has 0 amide bonds. The first-order valence-corrected chi connectivity index (χ1v) is 10.3. The molecule has 4 N–H and O–H groups in total. The van der Waals surface area contributed by atoms with Gasteiger partial charge in [-0.25, -0.2) is 15.0 Å². The molecule has 2 aromatic heterocycles. The highest BCUT2D eigenvalue weighted by Crippen LogP contribution is 2.38. The number of benzene rings is 1. The molecule has 1 aliphatic carbocycles. The average molecular weight is 427 g/mol. The van der Waals surface area contributed by atoms with Crippen LogP contribution in [0.25, 0.3) is 11.2 Å². The second-order valence-corrected chi connectivity index (χ2v) is 7.87. The molecule has 0 radical (unpaired) electrons. The summed E-state index contributed by atoms with van der Waals surface area (Å²) < 4.78 is 19.2. The number of anilines is 1. The summed E-state index contributed by atoms with van der Waals surface area (Å²) in [6, 6.07) is 5.96. The van der Waals surface area contributed by atoms with Gasteiger partial charge in [-0.2, -0.15) is 0 Å². The predicted octanol–water partition coefficient (Wildman–Crippen LogP) is 1.13. The number of methoxy groups -OCH3 is 1. The van der Waals surface area contributed by atoms with Crippen molar-refractivity contribution in [2.24, 2.45) is 0 Å². The Morgan fingerprint density at radius 1 is 1.23 bits per heavy atom. The van der Waals surface area contributed by atoms with Crippen LogP contribution in [-0.2, 0) is 15.9 Å². The zero-order valence-corrected chi connectivity index (χ0v) is 17.1. The third kappa shape index (κ3) is 3.41. The van der Waals surface area contributed by atoms with Crippen molar-refractivity contribution >= 4 is 17.0 Å². The Kier molecular flexibility index (Phi) is 5.22. The summed E-state index contributed by atoms with van der Waals surface area (Å²) in [4.78, 5) is 12.3. The van der Waals surface area contributed by atoms with Gasteiger partial charge in [0.15, 0.2) is 17.7 Å². The topological polar surface area (TPSA) is 138 Å². The molecule has 164 valence electrons. The maximum Gasteiger partial charge on any atom is 0.167 e. The molecule has 5 rings (SSSR count). The fraction of sp³-hybridized carbons (Fsp3) is 0.476. The van der Waals surface area contributed by atoms with Crippen LogP contribution in [0.4, 0.5) is 5.82 Å². The molecule has 1 unspecified atom stereocenters. The van der Waals surface area contributed by atoms with Gasteiger partial charge in [0, 0.05) is 0 Å². The Hall–Kier alpha value is -2.79. The molecule has 3 heterocycles. The normalized spacial score (nSPS) is 28.0. The molecule has 3 aromatic rings. The van der Waals surface area contributed by atoms with Gasteiger partial charge in [0.1, 0.15) is 35.9 Å². The van der Waals surface area contributed by atoms with Gasteiger partial charge in [0.25, 0.3) is 0 Å². The molecule has 2 aliphatic rings. The van der Waals surface area contributed by atoms with Crippen molar-refractivity contribution in [3.63, 3.8) is 0 Å². The van der Waals surface area contributed by atoms with E-state index in [0.29, 0.717) is 11.2 Å². The first-order valence-electron chi connectivity index (χ1n) is 10.3. The molecule has 1 fully saturated rings. The highest BCUT2D eigenvalue weighted by Gasteiger charge is 2.44. The number of ether oxygens (including phenoxy) is 3. The molecular formula is C21H25N5O5. The van der Waals surface area contributed by atoms with Gasteiger partial charge >= 0.3 is 0 Å². The summed E-state index contributed by atoms with van der Waals surface area (Å²) in [5.41, 5.74) is 8.95. The van der Waals surface area contributed by atoms with E-state index >= 15 is 0 Å². The zero-order chi connectivity index (χ0) is 21.5. The van der Waals surface area contributed by atoms with E-state index < -0.39 is 24.5 Å². The summed E-state index contributed by atoms with van der Waals surface area (Å²) in [5, 5.41) is 21.2. The lowest BCUT2D eigenvalue weighted by Crippen LogP contribution is -2.34. The van der Waals surface area contributed by atoms with Crippen LogP contribution >= 0.6 is 0 Å². The molecule has 0 bridgehead atoms. The predicted molar refractivity (Wildman–Crippen MR) is 110 cm³/mol. The zero-order valence-electron chi connectivity index (χ0n) is 17.1. The fourth-order valence-electron chi connectivity index (χ4n) is 4.50. The molecule has 1 aliphatic heterocycles. The monoisotopic (exact) mass is 427 g/mol. The number of aliphatic hydroxyl groups is 2.